The molecule has 202 valence electrons. The Morgan fingerprint density at radius 2 is 2.03 bits per heavy atom. The third-order valence-electron chi connectivity index (χ3n) is 5.77. The van der Waals surface area contributed by atoms with Crippen LogP contribution < -0.4 is 10.2 Å². The van der Waals surface area contributed by atoms with Crippen LogP contribution in [-0.2, 0) is 31.2 Å². The molecule has 1 aliphatic rings. The molecule has 16 heteroatoms. The first-order valence-electron chi connectivity index (χ1n) is 11.2. The summed E-state index contributed by atoms with van der Waals surface area (Å²) in [5.74, 6) is -1.47. The van der Waals surface area contributed by atoms with Crippen molar-refractivity contribution in [1.29, 1.82) is 0 Å². The number of nitrogens with one attached hydrogen (secondary N) is 2. The second kappa shape index (κ2) is 11.0. The zero-order valence-electron chi connectivity index (χ0n) is 20.1. The largest absolute Gasteiger partial charge is 0.490 e. The fourth-order valence-electron chi connectivity index (χ4n) is 3.90. The van der Waals surface area contributed by atoms with Gasteiger partial charge in [-0.1, -0.05) is 23.2 Å². The van der Waals surface area contributed by atoms with Gasteiger partial charge in [0.1, 0.15) is 0 Å². The molecular formula is C22H22Cl2F3N9O2. The summed E-state index contributed by atoms with van der Waals surface area (Å²) in [7, 11) is 3.86. The Kier molecular flexibility index (Phi) is 7.92. The number of alkyl halides is 3. The lowest BCUT2D eigenvalue weighted by Gasteiger charge is -2.24. The summed E-state index contributed by atoms with van der Waals surface area (Å²) in [5, 5.41) is 18.9. The number of aryl methyl sites for hydroxylation is 2. The quantitative estimate of drug-likeness (QED) is 0.324. The van der Waals surface area contributed by atoms with Crippen molar-refractivity contribution in [2.75, 3.05) is 17.3 Å². The lowest BCUT2D eigenvalue weighted by Crippen LogP contribution is -2.28. The van der Waals surface area contributed by atoms with Crippen molar-refractivity contribution in [3.8, 4) is 0 Å². The Hall–Kier alpha value is -3.65. The number of carbonyl (C=O) groups is 1. The van der Waals surface area contributed by atoms with Crippen LogP contribution >= 0.6 is 23.2 Å². The molecule has 4 aromatic heterocycles. The van der Waals surface area contributed by atoms with Crippen LogP contribution in [0.2, 0.25) is 10.0 Å². The van der Waals surface area contributed by atoms with Gasteiger partial charge in [-0.25, -0.2) is 9.78 Å². The molecule has 3 N–H and O–H groups in total. The third-order valence-corrected chi connectivity index (χ3v) is 6.30. The van der Waals surface area contributed by atoms with Gasteiger partial charge in [0.15, 0.2) is 17.0 Å². The average molecular weight is 572 g/mol. The Morgan fingerprint density at radius 3 is 2.71 bits per heavy atom. The van der Waals surface area contributed by atoms with Crippen LogP contribution in [0.15, 0.2) is 24.8 Å². The molecule has 1 atom stereocenters. The van der Waals surface area contributed by atoms with E-state index in [9.17, 15) is 13.2 Å². The van der Waals surface area contributed by atoms with Crippen LogP contribution in [0.1, 0.15) is 23.4 Å². The molecule has 38 heavy (non-hydrogen) atoms. The Balaban J connectivity index is 0.000000426. The smallest absolute Gasteiger partial charge is 0.475 e. The normalized spacial score (nSPS) is 15.0. The highest BCUT2D eigenvalue weighted by molar-refractivity contribution is 6.34. The summed E-state index contributed by atoms with van der Waals surface area (Å²) in [6.45, 7) is 0.458. The van der Waals surface area contributed by atoms with E-state index in [0.29, 0.717) is 34.1 Å². The van der Waals surface area contributed by atoms with Gasteiger partial charge in [-0.2, -0.15) is 28.2 Å². The van der Waals surface area contributed by atoms with Crippen LogP contribution in [0.4, 0.5) is 24.9 Å². The van der Waals surface area contributed by atoms with Gasteiger partial charge in [-0.3, -0.25) is 10.1 Å². The summed E-state index contributed by atoms with van der Waals surface area (Å²) in [6, 6.07) is 1.93. The van der Waals surface area contributed by atoms with Crippen molar-refractivity contribution in [1.82, 2.24) is 34.7 Å². The highest BCUT2D eigenvalue weighted by Crippen LogP contribution is 2.28. The first-order chi connectivity index (χ1) is 17.9. The van der Waals surface area contributed by atoms with Gasteiger partial charge in [-0.05, 0) is 30.9 Å². The number of H-pyrrole nitrogens is 1. The maximum absolute atomic E-state index is 10.6. The second-order valence-corrected chi connectivity index (χ2v) is 9.44. The number of imidazole rings is 1. The lowest BCUT2D eigenvalue weighted by molar-refractivity contribution is -0.192. The van der Waals surface area contributed by atoms with Gasteiger partial charge >= 0.3 is 12.1 Å². The minimum Gasteiger partial charge on any atom is -0.475 e. The van der Waals surface area contributed by atoms with Gasteiger partial charge < -0.3 is 19.9 Å². The van der Waals surface area contributed by atoms with E-state index in [1.807, 2.05) is 29.8 Å². The van der Waals surface area contributed by atoms with E-state index in [2.05, 4.69) is 25.5 Å². The highest BCUT2D eigenvalue weighted by Gasteiger charge is 2.38. The first kappa shape index (κ1) is 27.4. The molecule has 0 spiro atoms. The number of carboxylic acid groups (broad SMARTS) is 1. The van der Waals surface area contributed by atoms with Gasteiger partial charge in [0.2, 0.25) is 5.95 Å². The van der Waals surface area contributed by atoms with Crippen LogP contribution in [0.5, 0.6) is 0 Å². The molecule has 4 heterocycles. The molecule has 0 radical (unpaired) electrons. The number of pyridine rings is 1. The first-order valence-corrected chi connectivity index (χ1v) is 12.0. The standard InChI is InChI=1S/C20H21Cl2N9.C2HF3O2/c1-30(9-16-14(22)6-12(21)8-23-16)18-17-19(31(2)10-24-17)28-20(27-18)26-13-3-4-15-11(5-13)7-25-29-15;3-2(4,5)1(6)7/h6-8,10,13H,3-5,9H2,1-2H3,(H,25,29)(H,26,27,28);(H,6,7). The van der Waals surface area contributed by atoms with E-state index < -0.39 is 12.1 Å². The summed E-state index contributed by atoms with van der Waals surface area (Å²) in [6.07, 6.45) is 2.97. The topological polar surface area (TPSA) is 138 Å². The number of anilines is 2. The molecule has 1 aliphatic carbocycles. The van der Waals surface area contributed by atoms with Gasteiger partial charge in [0.25, 0.3) is 0 Å². The predicted molar refractivity (Wildman–Crippen MR) is 134 cm³/mol. The average Bonchev–Trinajstić information content (AvgIpc) is 3.46. The maximum Gasteiger partial charge on any atom is 0.490 e. The van der Waals surface area contributed by atoms with E-state index in [4.69, 9.17) is 43.1 Å². The van der Waals surface area contributed by atoms with E-state index in [0.717, 1.165) is 30.4 Å². The minimum atomic E-state index is -5.08. The molecule has 5 rings (SSSR count). The fraction of sp³-hybridized carbons (Fsp3) is 0.364. The van der Waals surface area contributed by atoms with Crippen molar-refractivity contribution >= 4 is 52.1 Å². The Bertz CT molecular complexity index is 1460. The molecule has 4 aromatic rings. The lowest BCUT2D eigenvalue weighted by atomic mass is 9.94. The van der Waals surface area contributed by atoms with Crippen LogP contribution in [0.3, 0.4) is 0 Å². The Morgan fingerprint density at radius 1 is 1.29 bits per heavy atom. The van der Waals surface area contributed by atoms with Crippen molar-refractivity contribution in [3.05, 3.63) is 51.8 Å². The molecular weight excluding hydrogens is 550 g/mol. The van der Waals surface area contributed by atoms with Crippen LogP contribution in [0.25, 0.3) is 11.2 Å². The van der Waals surface area contributed by atoms with Crippen molar-refractivity contribution < 1.29 is 23.1 Å². The number of carboxylic acids is 1. The molecule has 0 fully saturated rings. The molecule has 0 saturated heterocycles. The van der Waals surface area contributed by atoms with E-state index in [1.54, 1.807) is 18.6 Å². The number of nitrogens with zero attached hydrogens (tertiary/aromatic N) is 7. The predicted octanol–water partition coefficient (Wildman–Crippen LogP) is 4.03. The molecule has 0 amide bonds. The van der Waals surface area contributed by atoms with Crippen LogP contribution in [-0.4, -0.2) is 65.0 Å². The molecule has 11 nitrogen and oxygen atoms in total. The number of hydrogen-bond acceptors (Lipinski definition) is 8. The van der Waals surface area contributed by atoms with E-state index in [1.165, 1.54) is 11.3 Å². The summed E-state index contributed by atoms with van der Waals surface area (Å²) >= 11 is 12.3. The zero-order chi connectivity index (χ0) is 27.6. The highest BCUT2D eigenvalue weighted by atomic mass is 35.5. The number of rotatable bonds is 5. The third kappa shape index (κ3) is 6.25. The number of halogens is 5. The van der Waals surface area contributed by atoms with Crippen molar-refractivity contribution in [3.63, 3.8) is 0 Å². The van der Waals surface area contributed by atoms with E-state index in [-0.39, 0.29) is 6.04 Å². The van der Waals surface area contributed by atoms with Crippen LogP contribution in [0, 0.1) is 0 Å². The molecule has 0 aliphatic heterocycles. The molecule has 0 bridgehead atoms. The van der Waals surface area contributed by atoms with Crippen molar-refractivity contribution in [2.45, 2.75) is 38.0 Å². The number of hydrogen-bond donors (Lipinski definition) is 3. The minimum absolute atomic E-state index is 0.237. The Labute approximate surface area is 224 Å². The zero-order valence-corrected chi connectivity index (χ0v) is 21.6. The van der Waals surface area contributed by atoms with Gasteiger partial charge in [0, 0.05) is 32.0 Å². The number of fused-ring (bicyclic) bond motifs is 2. The molecule has 0 aromatic carbocycles. The van der Waals surface area contributed by atoms with Gasteiger partial charge in [0.05, 0.1) is 34.8 Å². The van der Waals surface area contributed by atoms with Crippen molar-refractivity contribution in [2.24, 2.45) is 7.05 Å². The number of aromatic nitrogens is 7. The molecule has 1 unspecified atom stereocenters. The SMILES string of the molecule is CN(Cc1ncc(Cl)cc1Cl)c1nc(NC2CCc3[nH]ncc3C2)nc2c1ncn2C.O=C(O)C(F)(F)F. The second-order valence-electron chi connectivity index (χ2n) is 8.60. The monoisotopic (exact) mass is 571 g/mol. The number of aliphatic carboxylic acids is 1. The maximum atomic E-state index is 10.6. The summed E-state index contributed by atoms with van der Waals surface area (Å²) < 4.78 is 33.6. The summed E-state index contributed by atoms with van der Waals surface area (Å²) in [5.41, 5.74) is 4.65. The van der Waals surface area contributed by atoms with Gasteiger partial charge in [-0.15, -0.1) is 0 Å². The molecule has 0 saturated carbocycles. The van der Waals surface area contributed by atoms with E-state index >= 15 is 0 Å². The summed E-state index contributed by atoms with van der Waals surface area (Å²) in [4.78, 5) is 29.3. The number of aromatic amines is 1. The fourth-order valence-corrected chi connectivity index (χ4v) is 4.34.